The molecule has 5 nitrogen and oxygen atoms in total. The van der Waals surface area contributed by atoms with Crippen LogP contribution in [-0.2, 0) is 0 Å². The molecular formula is C21H12FNO4. The summed E-state index contributed by atoms with van der Waals surface area (Å²) in [5.41, 5.74) is 0.691. The van der Waals surface area contributed by atoms with Crippen molar-refractivity contribution >= 4 is 23.5 Å². The molecule has 0 unspecified atom stereocenters. The summed E-state index contributed by atoms with van der Waals surface area (Å²) in [4.78, 5) is 38.3. The highest BCUT2D eigenvalue weighted by Crippen LogP contribution is 2.30. The van der Waals surface area contributed by atoms with Crippen LogP contribution in [-0.4, -0.2) is 17.8 Å². The van der Waals surface area contributed by atoms with E-state index < -0.39 is 23.6 Å². The van der Waals surface area contributed by atoms with Crippen LogP contribution in [0.15, 0.2) is 72.8 Å². The van der Waals surface area contributed by atoms with E-state index in [1.54, 1.807) is 36.4 Å². The minimum absolute atomic E-state index is 0.0947. The van der Waals surface area contributed by atoms with Gasteiger partial charge in [-0.3, -0.25) is 9.59 Å². The first-order valence-corrected chi connectivity index (χ1v) is 8.11. The number of hydrogen-bond donors (Lipinski definition) is 0. The molecule has 0 aliphatic carbocycles. The lowest BCUT2D eigenvalue weighted by Crippen LogP contribution is -2.29. The maximum Gasteiger partial charge on any atom is 0.346 e. The molecule has 1 heterocycles. The summed E-state index contributed by atoms with van der Waals surface area (Å²) in [5, 5.41) is 0. The number of nitrogens with zero attached hydrogens (tertiary/aromatic N) is 1. The number of carbonyl (C=O) groups excluding carboxylic acids is 3. The number of ether oxygens (including phenoxy) is 1. The van der Waals surface area contributed by atoms with Gasteiger partial charge in [-0.05, 0) is 36.4 Å². The van der Waals surface area contributed by atoms with Gasteiger partial charge in [0.15, 0.2) is 0 Å². The number of esters is 1. The highest BCUT2D eigenvalue weighted by molar-refractivity contribution is 6.34. The van der Waals surface area contributed by atoms with Crippen molar-refractivity contribution < 1.29 is 23.5 Å². The van der Waals surface area contributed by atoms with Gasteiger partial charge in [-0.25, -0.2) is 14.1 Å². The van der Waals surface area contributed by atoms with Gasteiger partial charge >= 0.3 is 5.97 Å². The molecule has 0 spiro atoms. The lowest BCUT2D eigenvalue weighted by Gasteiger charge is -2.15. The molecule has 132 valence electrons. The molecule has 1 aliphatic heterocycles. The molecule has 0 saturated carbocycles. The normalized spacial score (nSPS) is 12.9. The third kappa shape index (κ3) is 2.87. The summed E-state index contributed by atoms with van der Waals surface area (Å²) in [7, 11) is 0. The summed E-state index contributed by atoms with van der Waals surface area (Å²) in [6, 6.07) is 18.0. The zero-order chi connectivity index (χ0) is 19.0. The second-order valence-corrected chi connectivity index (χ2v) is 5.86. The number of benzene rings is 3. The van der Waals surface area contributed by atoms with Crippen molar-refractivity contribution in [2.45, 2.75) is 0 Å². The predicted molar refractivity (Wildman–Crippen MR) is 95.4 cm³/mol. The Hall–Kier alpha value is -3.80. The fourth-order valence-corrected chi connectivity index (χ4v) is 2.90. The first kappa shape index (κ1) is 16.7. The van der Waals surface area contributed by atoms with Crippen LogP contribution in [0.4, 0.5) is 10.1 Å². The second kappa shape index (κ2) is 6.49. The maximum absolute atomic E-state index is 13.7. The Morgan fingerprint density at radius 3 is 2.11 bits per heavy atom. The van der Waals surface area contributed by atoms with E-state index in [9.17, 15) is 18.8 Å². The number of imide groups is 1. The van der Waals surface area contributed by atoms with E-state index in [1.807, 2.05) is 0 Å². The maximum atomic E-state index is 13.7. The molecule has 1 aliphatic rings. The highest BCUT2D eigenvalue weighted by Gasteiger charge is 2.36. The van der Waals surface area contributed by atoms with Gasteiger partial charge in [0.1, 0.15) is 11.6 Å². The van der Waals surface area contributed by atoms with Gasteiger partial charge in [0.2, 0.25) is 0 Å². The Kier molecular flexibility index (Phi) is 4.01. The van der Waals surface area contributed by atoms with Crippen LogP contribution in [0.5, 0.6) is 5.75 Å². The van der Waals surface area contributed by atoms with E-state index in [-0.39, 0.29) is 17.0 Å². The first-order chi connectivity index (χ1) is 13.1. The Bertz CT molecular complexity index is 1060. The van der Waals surface area contributed by atoms with Crippen LogP contribution < -0.4 is 9.64 Å². The number of anilines is 1. The van der Waals surface area contributed by atoms with Gasteiger partial charge < -0.3 is 4.74 Å². The third-order valence-corrected chi connectivity index (χ3v) is 4.17. The Labute approximate surface area is 153 Å². The van der Waals surface area contributed by atoms with Gasteiger partial charge in [-0.2, -0.15) is 0 Å². The number of halogens is 1. The summed E-state index contributed by atoms with van der Waals surface area (Å²) in [6.45, 7) is 0. The lowest BCUT2D eigenvalue weighted by molar-refractivity contribution is 0.0729. The fraction of sp³-hybridized carbons (Fsp3) is 0. The Balaban J connectivity index is 1.63. The number of hydrogen-bond acceptors (Lipinski definition) is 4. The monoisotopic (exact) mass is 361 g/mol. The minimum atomic E-state index is -0.868. The molecule has 0 radical (unpaired) electrons. The van der Waals surface area contributed by atoms with Crippen LogP contribution in [0.25, 0.3) is 0 Å². The smallest absolute Gasteiger partial charge is 0.346 e. The van der Waals surface area contributed by atoms with Gasteiger partial charge in [0.25, 0.3) is 11.8 Å². The van der Waals surface area contributed by atoms with Gasteiger partial charge in [0, 0.05) is 6.07 Å². The van der Waals surface area contributed by atoms with Crippen molar-refractivity contribution in [2.24, 2.45) is 0 Å². The summed E-state index contributed by atoms with van der Waals surface area (Å²) in [5.74, 6) is -2.37. The lowest BCUT2D eigenvalue weighted by atomic mass is 10.1. The van der Waals surface area contributed by atoms with Crippen molar-refractivity contribution in [2.75, 3.05) is 4.90 Å². The molecule has 0 saturated heterocycles. The van der Waals surface area contributed by atoms with Crippen LogP contribution in [0.2, 0.25) is 0 Å². The van der Waals surface area contributed by atoms with Crippen LogP contribution in [0.1, 0.15) is 31.1 Å². The molecule has 0 fully saturated rings. The molecule has 0 aromatic heterocycles. The molecule has 4 rings (SSSR count). The standard InChI is InChI=1S/C21H12FNO4/c22-18-11-4-3-10-17(18)21(26)27-14-7-5-6-13(12-14)23-19(24)15-8-1-2-9-16(15)20(23)25/h1-12H. The van der Waals surface area contributed by atoms with Crippen molar-refractivity contribution in [3.63, 3.8) is 0 Å². The molecule has 2 amide bonds. The van der Waals surface area contributed by atoms with Crippen LogP contribution in [0, 0.1) is 5.82 Å². The van der Waals surface area contributed by atoms with Crippen molar-refractivity contribution in [1.29, 1.82) is 0 Å². The molecular weight excluding hydrogens is 349 g/mol. The van der Waals surface area contributed by atoms with E-state index >= 15 is 0 Å². The SMILES string of the molecule is O=C(Oc1cccc(N2C(=O)c3ccccc3C2=O)c1)c1ccccc1F. The van der Waals surface area contributed by atoms with Crippen molar-refractivity contribution in [3.05, 3.63) is 95.3 Å². The van der Waals surface area contributed by atoms with E-state index in [0.29, 0.717) is 11.1 Å². The Morgan fingerprint density at radius 2 is 1.44 bits per heavy atom. The highest BCUT2D eigenvalue weighted by atomic mass is 19.1. The van der Waals surface area contributed by atoms with Crippen LogP contribution in [0.3, 0.4) is 0 Å². The summed E-state index contributed by atoms with van der Waals surface area (Å²) < 4.78 is 18.9. The van der Waals surface area contributed by atoms with E-state index in [2.05, 4.69) is 0 Å². The van der Waals surface area contributed by atoms with Gasteiger partial charge in [-0.1, -0.05) is 30.3 Å². The average Bonchev–Trinajstić information content (AvgIpc) is 2.93. The van der Waals surface area contributed by atoms with Crippen LogP contribution >= 0.6 is 0 Å². The molecule has 0 N–H and O–H groups in total. The summed E-state index contributed by atoms with van der Waals surface area (Å²) >= 11 is 0. The van der Waals surface area contributed by atoms with E-state index in [0.717, 1.165) is 11.0 Å². The molecule has 3 aromatic rings. The minimum Gasteiger partial charge on any atom is -0.423 e. The Morgan fingerprint density at radius 1 is 0.815 bits per heavy atom. The second-order valence-electron chi connectivity index (χ2n) is 5.86. The molecule has 6 heteroatoms. The number of amides is 2. The van der Waals surface area contributed by atoms with Crippen molar-refractivity contribution in [3.8, 4) is 5.75 Å². The number of carbonyl (C=O) groups is 3. The largest absolute Gasteiger partial charge is 0.423 e. The zero-order valence-corrected chi connectivity index (χ0v) is 13.9. The van der Waals surface area contributed by atoms with Crippen molar-refractivity contribution in [1.82, 2.24) is 0 Å². The van der Waals surface area contributed by atoms with Gasteiger partial charge in [-0.15, -0.1) is 0 Å². The van der Waals surface area contributed by atoms with Gasteiger partial charge in [0.05, 0.1) is 22.4 Å². The zero-order valence-electron chi connectivity index (χ0n) is 13.9. The molecule has 0 bridgehead atoms. The third-order valence-electron chi connectivity index (χ3n) is 4.17. The average molecular weight is 361 g/mol. The molecule has 27 heavy (non-hydrogen) atoms. The quantitative estimate of drug-likeness (QED) is 0.404. The van der Waals surface area contributed by atoms with E-state index in [1.165, 1.54) is 30.3 Å². The molecule has 0 atom stereocenters. The first-order valence-electron chi connectivity index (χ1n) is 8.11. The van der Waals surface area contributed by atoms with E-state index in [4.69, 9.17) is 4.74 Å². The fourth-order valence-electron chi connectivity index (χ4n) is 2.90. The summed E-state index contributed by atoms with van der Waals surface area (Å²) in [6.07, 6.45) is 0. The number of fused-ring (bicyclic) bond motifs is 1. The topological polar surface area (TPSA) is 63.7 Å². The number of rotatable bonds is 3. The molecule has 3 aromatic carbocycles. The predicted octanol–water partition coefficient (Wildman–Crippen LogP) is 3.85.